The number of aryl methyl sites for hydroxylation is 1. The molecule has 1 aromatic carbocycles. The van der Waals surface area contributed by atoms with E-state index in [-0.39, 0.29) is 6.29 Å². The third kappa shape index (κ3) is 2.36. The summed E-state index contributed by atoms with van der Waals surface area (Å²) in [6.45, 7) is 3.67. The van der Waals surface area contributed by atoms with E-state index in [0.717, 1.165) is 37.4 Å². The lowest BCUT2D eigenvalue weighted by molar-refractivity contribution is -0.183. The van der Waals surface area contributed by atoms with E-state index < -0.39 is 0 Å². The van der Waals surface area contributed by atoms with Crippen LogP contribution in [0.1, 0.15) is 30.8 Å². The first-order valence-electron chi connectivity index (χ1n) is 5.75. The van der Waals surface area contributed by atoms with Crippen molar-refractivity contribution in [2.75, 3.05) is 20.3 Å². The first kappa shape index (κ1) is 11.4. The Morgan fingerprint density at radius 3 is 2.69 bits per heavy atom. The van der Waals surface area contributed by atoms with E-state index in [0.29, 0.717) is 0 Å². The SMILES string of the molecule is CCc1cc(C2OCCCO2)ccc1OC. The Bertz CT molecular complexity index is 343. The van der Waals surface area contributed by atoms with Gasteiger partial charge >= 0.3 is 0 Å². The largest absolute Gasteiger partial charge is 0.496 e. The molecule has 1 fully saturated rings. The minimum atomic E-state index is -0.204. The molecule has 0 atom stereocenters. The molecule has 0 spiro atoms. The van der Waals surface area contributed by atoms with Gasteiger partial charge in [-0.3, -0.25) is 0 Å². The molecule has 3 nitrogen and oxygen atoms in total. The molecule has 0 unspecified atom stereocenters. The van der Waals surface area contributed by atoms with Gasteiger partial charge in [-0.05, 0) is 30.5 Å². The zero-order chi connectivity index (χ0) is 11.4. The number of hydrogen-bond acceptors (Lipinski definition) is 3. The van der Waals surface area contributed by atoms with Crippen molar-refractivity contribution < 1.29 is 14.2 Å². The summed E-state index contributed by atoms with van der Waals surface area (Å²) in [5.41, 5.74) is 2.27. The second-order valence-electron chi connectivity index (χ2n) is 3.85. The summed E-state index contributed by atoms with van der Waals surface area (Å²) in [5.74, 6) is 0.932. The van der Waals surface area contributed by atoms with Crippen LogP contribution in [0.5, 0.6) is 5.75 Å². The number of hydrogen-bond donors (Lipinski definition) is 0. The first-order valence-corrected chi connectivity index (χ1v) is 5.75. The van der Waals surface area contributed by atoms with E-state index in [1.54, 1.807) is 7.11 Å². The Balaban J connectivity index is 2.20. The van der Waals surface area contributed by atoms with E-state index in [1.807, 2.05) is 12.1 Å². The average molecular weight is 222 g/mol. The van der Waals surface area contributed by atoms with E-state index in [4.69, 9.17) is 14.2 Å². The zero-order valence-corrected chi connectivity index (χ0v) is 9.86. The average Bonchev–Trinajstić information content (AvgIpc) is 2.39. The molecule has 2 rings (SSSR count). The Hall–Kier alpha value is -1.06. The fraction of sp³-hybridized carbons (Fsp3) is 0.538. The molecular formula is C13H18O3. The zero-order valence-electron chi connectivity index (χ0n) is 9.86. The van der Waals surface area contributed by atoms with Crippen molar-refractivity contribution in [2.24, 2.45) is 0 Å². The van der Waals surface area contributed by atoms with Crippen molar-refractivity contribution in [1.82, 2.24) is 0 Å². The van der Waals surface area contributed by atoms with E-state index >= 15 is 0 Å². The van der Waals surface area contributed by atoms with E-state index in [9.17, 15) is 0 Å². The monoisotopic (exact) mass is 222 g/mol. The van der Waals surface area contributed by atoms with Crippen LogP contribution in [0.25, 0.3) is 0 Å². The molecule has 0 aromatic heterocycles. The lowest BCUT2D eigenvalue weighted by atomic mass is 10.1. The standard InChI is InChI=1S/C13H18O3/c1-3-10-9-11(5-6-12(10)14-2)13-15-7-4-8-16-13/h5-6,9,13H,3-4,7-8H2,1-2H3. The van der Waals surface area contributed by atoms with Crippen LogP contribution in [0.2, 0.25) is 0 Å². The summed E-state index contributed by atoms with van der Waals surface area (Å²) in [4.78, 5) is 0. The molecule has 0 radical (unpaired) electrons. The molecule has 88 valence electrons. The second-order valence-corrected chi connectivity index (χ2v) is 3.85. The molecule has 16 heavy (non-hydrogen) atoms. The predicted octanol–water partition coefficient (Wildman–Crippen LogP) is 2.69. The molecule has 1 aliphatic rings. The number of methoxy groups -OCH3 is 1. The van der Waals surface area contributed by atoms with Crippen LogP contribution in [0.3, 0.4) is 0 Å². The van der Waals surface area contributed by atoms with Crippen LogP contribution in [0.4, 0.5) is 0 Å². The second kappa shape index (κ2) is 5.32. The highest BCUT2D eigenvalue weighted by molar-refractivity contribution is 5.37. The number of rotatable bonds is 3. The highest BCUT2D eigenvalue weighted by atomic mass is 16.7. The van der Waals surface area contributed by atoms with Gasteiger partial charge in [0.05, 0.1) is 20.3 Å². The minimum Gasteiger partial charge on any atom is -0.496 e. The van der Waals surface area contributed by atoms with Gasteiger partial charge in [0.25, 0.3) is 0 Å². The van der Waals surface area contributed by atoms with E-state index in [2.05, 4.69) is 13.0 Å². The highest BCUT2D eigenvalue weighted by Crippen LogP contribution is 2.28. The lowest BCUT2D eigenvalue weighted by Crippen LogP contribution is -2.17. The molecule has 0 saturated carbocycles. The van der Waals surface area contributed by atoms with E-state index in [1.165, 1.54) is 5.56 Å². The Kier molecular flexibility index (Phi) is 3.80. The van der Waals surface area contributed by atoms with Crippen molar-refractivity contribution in [3.63, 3.8) is 0 Å². The fourth-order valence-electron chi connectivity index (χ4n) is 1.90. The minimum absolute atomic E-state index is 0.204. The Morgan fingerprint density at radius 2 is 2.06 bits per heavy atom. The Labute approximate surface area is 96.3 Å². The topological polar surface area (TPSA) is 27.7 Å². The quantitative estimate of drug-likeness (QED) is 0.787. The molecule has 0 N–H and O–H groups in total. The lowest BCUT2D eigenvalue weighted by Gasteiger charge is -2.24. The van der Waals surface area contributed by atoms with Gasteiger partial charge in [0.1, 0.15) is 5.75 Å². The van der Waals surface area contributed by atoms with Gasteiger partial charge in [-0.2, -0.15) is 0 Å². The molecular weight excluding hydrogens is 204 g/mol. The fourth-order valence-corrected chi connectivity index (χ4v) is 1.90. The Morgan fingerprint density at radius 1 is 1.31 bits per heavy atom. The van der Waals surface area contributed by atoms with Crippen LogP contribution in [0.15, 0.2) is 18.2 Å². The van der Waals surface area contributed by atoms with Crippen molar-refractivity contribution in [1.29, 1.82) is 0 Å². The third-order valence-electron chi connectivity index (χ3n) is 2.78. The van der Waals surface area contributed by atoms with Gasteiger partial charge in [0, 0.05) is 5.56 Å². The molecule has 1 aliphatic heterocycles. The normalized spacial score (nSPS) is 17.4. The van der Waals surface area contributed by atoms with Crippen LogP contribution in [-0.2, 0) is 15.9 Å². The number of benzene rings is 1. The van der Waals surface area contributed by atoms with Crippen LogP contribution in [0, 0.1) is 0 Å². The van der Waals surface area contributed by atoms with Gasteiger partial charge in [-0.1, -0.05) is 13.0 Å². The van der Waals surface area contributed by atoms with Crippen molar-refractivity contribution in [3.8, 4) is 5.75 Å². The summed E-state index contributed by atoms with van der Waals surface area (Å²) in [6.07, 6.45) is 1.72. The number of ether oxygens (including phenoxy) is 3. The van der Waals surface area contributed by atoms with Gasteiger partial charge in [0.15, 0.2) is 6.29 Å². The van der Waals surface area contributed by atoms with Crippen molar-refractivity contribution >= 4 is 0 Å². The molecule has 0 amide bonds. The van der Waals surface area contributed by atoms with Crippen molar-refractivity contribution in [3.05, 3.63) is 29.3 Å². The maximum atomic E-state index is 5.57. The molecule has 1 saturated heterocycles. The first-order chi connectivity index (χ1) is 7.85. The van der Waals surface area contributed by atoms with Gasteiger partial charge in [-0.15, -0.1) is 0 Å². The van der Waals surface area contributed by atoms with Gasteiger partial charge < -0.3 is 14.2 Å². The predicted molar refractivity (Wildman–Crippen MR) is 61.6 cm³/mol. The van der Waals surface area contributed by atoms with Crippen LogP contribution < -0.4 is 4.74 Å². The summed E-state index contributed by atoms with van der Waals surface area (Å²) in [5, 5.41) is 0. The molecule has 1 aromatic rings. The summed E-state index contributed by atoms with van der Waals surface area (Å²) in [6, 6.07) is 6.10. The van der Waals surface area contributed by atoms with Gasteiger partial charge in [-0.25, -0.2) is 0 Å². The van der Waals surface area contributed by atoms with Crippen LogP contribution >= 0.6 is 0 Å². The summed E-state index contributed by atoms with van der Waals surface area (Å²) >= 11 is 0. The van der Waals surface area contributed by atoms with Crippen molar-refractivity contribution in [2.45, 2.75) is 26.1 Å². The molecule has 0 bridgehead atoms. The maximum Gasteiger partial charge on any atom is 0.183 e. The highest BCUT2D eigenvalue weighted by Gasteiger charge is 2.17. The molecule has 3 heteroatoms. The molecule has 1 heterocycles. The van der Waals surface area contributed by atoms with Gasteiger partial charge in [0.2, 0.25) is 0 Å². The molecule has 0 aliphatic carbocycles. The smallest absolute Gasteiger partial charge is 0.183 e. The maximum absolute atomic E-state index is 5.57. The van der Waals surface area contributed by atoms with Crippen LogP contribution in [-0.4, -0.2) is 20.3 Å². The third-order valence-corrected chi connectivity index (χ3v) is 2.78. The summed E-state index contributed by atoms with van der Waals surface area (Å²) < 4.78 is 16.4. The summed E-state index contributed by atoms with van der Waals surface area (Å²) in [7, 11) is 1.70.